The zero-order chi connectivity index (χ0) is 19.8. The monoisotopic (exact) mass is 411 g/mol. The first-order valence-corrected chi connectivity index (χ1v) is 9.52. The molecule has 0 radical (unpaired) electrons. The van der Waals surface area contributed by atoms with E-state index < -0.39 is 17.5 Å². The Bertz CT molecular complexity index is 904. The van der Waals surface area contributed by atoms with E-state index in [1.165, 1.54) is 23.1 Å². The Morgan fingerprint density at radius 2 is 1.93 bits per heavy atom. The molecule has 0 spiro atoms. The summed E-state index contributed by atoms with van der Waals surface area (Å²) in [4.78, 5) is 17.9. The van der Waals surface area contributed by atoms with Crippen LogP contribution < -0.4 is 5.32 Å². The van der Waals surface area contributed by atoms with Gasteiger partial charge in [0.2, 0.25) is 0 Å². The lowest BCUT2D eigenvalue weighted by molar-refractivity contribution is 0.111. The fraction of sp³-hybridized carbons (Fsp3) is 0.167. The molecule has 2 heterocycles. The smallest absolute Gasteiger partial charge is 0.183 e. The molecule has 0 atom stereocenters. The molecular formula is C18H16F3N3OS2. The fourth-order valence-corrected chi connectivity index (χ4v) is 3.95. The quantitative estimate of drug-likeness (QED) is 0.360. The molecule has 1 N–H and O–H groups in total. The first-order chi connectivity index (χ1) is 12.9. The third-order valence-electron chi connectivity index (χ3n) is 3.22. The van der Waals surface area contributed by atoms with Gasteiger partial charge < -0.3 is 5.32 Å². The highest BCUT2D eigenvalue weighted by atomic mass is 32.2. The van der Waals surface area contributed by atoms with Crippen molar-refractivity contribution in [1.29, 1.82) is 0 Å². The van der Waals surface area contributed by atoms with Gasteiger partial charge >= 0.3 is 0 Å². The molecule has 0 fully saturated rings. The Kier molecular flexibility index (Phi) is 7.81. The molecule has 142 valence electrons. The lowest BCUT2D eigenvalue weighted by atomic mass is 10.2. The summed E-state index contributed by atoms with van der Waals surface area (Å²) in [5, 5.41) is 3.69. The number of pyridine rings is 1. The summed E-state index contributed by atoms with van der Waals surface area (Å²) in [7, 11) is 1.77. The molecule has 1 aromatic carbocycles. The van der Waals surface area contributed by atoms with Gasteiger partial charge in [0.1, 0.15) is 11.5 Å². The van der Waals surface area contributed by atoms with Gasteiger partial charge in [0.25, 0.3) is 0 Å². The maximum atomic E-state index is 13.5. The van der Waals surface area contributed by atoms with E-state index >= 15 is 0 Å². The van der Waals surface area contributed by atoms with Gasteiger partial charge in [-0.25, -0.2) is 18.2 Å². The van der Waals surface area contributed by atoms with Crippen molar-refractivity contribution in [3.63, 3.8) is 0 Å². The van der Waals surface area contributed by atoms with Crippen molar-refractivity contribution in [3.05, 3.63) is 70.9 Å². The van der Waals surface area contributed by atoms with Crippen LogP contribution >= 0.6 is 23.1 Å². The normalized spacial score (nSPS) is 10.1. The second-order valence-corrected chi connectivity index (χ2v) is 7.40. The van der Waals surface area contributed by atoms with Gasteiger partial charge in [-0.3, -0.25) is 9.78 Å². The zero-order valence-corrected chi connectivity index (χ0v) is 16.1. The van der Waals surface area contributed by atoms with Gasteiger partial charge in [-0.05, 0) is 25.1 Å². The molecule has 0 bridgehead atoms. The number of benzene rings is 1. The molecule has 3 rings (SSSR count). The van der Waals surface area contributed by atoms with E-state index in [0.717, 1.165) is 27.4 Å². The fourth-order valence-electron chi connectivity index (χ4n) is 1.89. The topological polar surface area (TPSA) is 54.9 Å². The number of rotatable bonds is 5. The van der Waals surface area contributed by atoms with Gasteiger partial charge in [0.05, 0.1) is 9.90 Å². The van der Waals surface area contributed by atoms with Crippen LogP contribution in [0.15, 0.2) is 40.7 Å². The van der Waals surface area contributed by atoms with E-state index in [0.29, 0.717) is 11.8 Å². The molecule has 0 amide bonds. The number of halogens is 3. The number of anilines is 1. The van der Waals surface area contributed by atoms with Crippen molar-refractivity contribution in [2.45, 2.75) is 16.9 Å². The van der Waals surface area contributed by atoms with E-state index in [9.17, 15) is 18.0 Å². The van der Waals surface area contributed by atoms with Crippen LogP contribution in [0.25, 0.3) is 0 Å². The highest BCUT2D eigenvalue weighted by Crippen LogP contribution is 2.34. The Hall–Kier alpha value is -2.39. The van der Waals surface area contributed by atoms with Crippen LogP contribution in [0.5, 0.6) is 0 Å². The van der Waals surface area contributed by atoms with Crippen molar-refractivity contribution >= 4 is 34.5 Å². The average Bonchev–Trinajstić information content (AvgIpc) is 3.04. The van der Waals surface area contributed by atoms with E-state index in [1.807, 2.05) is 6.92 Å². The highest BCUT2D eigenvalue weighted by Gasteiger charge is 2.12. The average molecular weight is 411 g/mol. The van der Waals surface area contributed by atoms with Gasteiger partial charge in [-0.1, -0.05) is 17.4 Å². The number of thioether (sulfide) groups is 1. The van der Waals surface area contributed by atoms with Crippen LogP contribution in [-0.2, 0) is 5.75 Å². The molecule has 0 aliphatic rings. The second kappa shape index (κ2) is 10.1. The van der Waals surface area contributed by atoms with Crippen LogP contribution in [0.3, 0.4) is 0 Å². The molecule has 3 aromatic rings. The van der Waals surface area contributed by atoms with Gasteiger partial charge in [-0.15, -0.1) is 11.8 Å². The minimum atomic E-state index is -1.17. The van der Waals surface area contributed by atoms with Crippen LogP contribution in [0.2, 0.25) is 0 Å². The van der Waals surface area contributed by atoms with E-state index in [4.69, 9.17) is 0 Å². The van der Waals surface area contributed by atoms with Crippen molar-refractivity contribution in [2.75, 3.05) is 12.4 Å². The van der Waals surface area contributed by atoms with Crippen molar-refractivity contribution in [1.82, 2.24) is 9.97 Å². The Labute approximate surface area is 162 Å². The first kappa shape index (κ1) is 20.9. The SMILES string of the molecule is CNc1nc(C)c(SCc2cc(F)c(F)cc2F)s1.O=Cc1ccccn1. The van der Waals surface area contributed by atoms with Crippen LogP contribution in [0.4, 0.5) is 18.3 Å². The molecule has 0 aliphatic carbocycles. The lowest BCUT2D eigenvalue weighted by Gasteiger charge is -2.03. The number of carbonyl (C=O) groups excluding carboxylic acids is 1. The van der Waals surface area contributed by atoms with Gasteiger partial charge in [0.15, 0.2) is 23.1 Å². The van der Waals surface area contributed by atoms with E-state index in [1.54, 1.807) is 31.4 Å². The standard InChI is InChI=1S/C12H11F3N2S2.C6H5NO/c1-6-11(19-12(16-2)17-6)18-5-7-3-9(14)10(15)4-8(7)13;8-5-6-3-1-2-4-7-6/h3-4H,5H2,1-2H3,(H,16,17);1-5H. The molecule has 9 heteroatoms. The van der Waals surface area contributed by atoms with Crippen molar-refractivity contribution in [2.24, 2.45) is 0 Å². The highest BCUT2D eigenvalue weighted by molar-refractivity contribution is 8.00. The summed E-state index contributed by atoms with van der Waals surface area (Å²) >= 11 is 2.79. The number of nitrogens with zero attached hydrogens (tertiary/aromatic N) is 2. The molecule has 0 saturated carbocycles. The van der Waals surface area contributed by atoms with Crippen LogP contribution in [-0.4, -0.2) is 23.3 Å². The third-order valence-corrected chi connectivity index (χ3v) is 5.81. The molecule has 0 aliphatic heterocycles. The summed E-state index contributed by atoms with van der Waals surface area (Å²) in [6, 6.07) is 6.67. The molecular weight excluding hydrogens is 395 g/mol. The Balaban J connectivity index is 0.000000273. The number of aldehydes is 1. The maximum Gasteiger partial charge on any atom is 0.183 e. The predicted octanol–water partition coefficient (Wildman–Crippen LogP) is 5.10. The number of nitrogens with one attached hydrogen (secondary N) is 1. The Morgan fingerprint density at radius 3 is 2.48 bits per heavy atom. The number of aryl methyl sites for hydroxylation is 1. The molecule has 2 aromatic heterocycles. The van der Waals surface area contributed by atoms with Gasteiger partial charge in [-0.2, -0.15) is 0 Å². The summed E-state index contributed by atoms with van der Waals surface area (Å²) in [6.45, 7) is 1.85. The van der Waals surface area contributed by atoms with Crippen LogP contribution in [0, 0.1) is 24.4 Å². The van der Waals surface area contributed by atoms with E-state index in [2.05, 4.69) is 15.3 Å². The lowest BCUT2D eigenvalue weighted by Crippen LogP contribution is -1.93. The summed E-state index contributed by atoms with van der Waals surface area (Å²) in [6.07, 6.45) is 2.31. The van der Waals surface area contributed by atoms with Crippen LogP contribution in [0.1, 0.15) is 21.7 Å². The minimum Gasteiger partial charge on any atom is -0.365 e. The Morgan fingerprint density at radius 1 is 1.19 bits per heavy atom. The number of aromatic nitrogens is 2. The van der Waals surface area contributed by atoms with Crippen molar-refractivity contribution in [3.8, 4) is 0 Å². The van der Waals surface area contributed by atoms with Crippen molar-refractivity contribution < 1.29 is 18.0 Å². The second-order valence-electron chi connectivity index (χ2n) is 5.16. The summed E-state index contributed by atoms with van der Waals surface area (Å²) < 4.78 is 40.2. The summed E-state index contributed by atoms with van der Waals surface area (Å²) in [5.74, 6) is -2.70. The van der Waals surface area contributed by atoms with E-state index in [-0.39, 0.29) is 11.3 Å². The largest absolute Gasteiger partial charge is 0.365 e. The third kappa shape index (κ3) is 6.07. The maximum absolute atomic E-state index is 13.5. The molecule has 0 unspecified atom stereocenters. The summed E-state index contributed by atoms with van der Waals surface area (Å²) in [5.41, 5.74) is 1.46. The number of hydrogen-bond donors (Lipinski definition) is 1. The predicted molar refractivity (Wildman–Crippen MR) is 102 cm³/mol. The first-order valence-electron chi connectivity index (χ1n) is 7.72. The molecule has 4 nitrogen and oxygen atoms in total. The molecule has 27 heavy (non-hydrogen) atoms. The zero-order valence-electron chi connectivity index (χ0n) is 14.5. The van der Waals surface area contributed by atoms with Gasteiger partial charge in [0, 0.05) is 30.6 Å². The molecule has 0 saturated heterocycles. The minimum absolute atomic E-state index is 0.141. The number of carbonyl (C=O) groups is 1. The number of thiazole rings is 1. The number of hydrogen-bond acceptors (Lipinski definition) is 6.